The summed E-state index contributed by atoms with van der Waals surface area (Å²) in [5.74, 6) is 15.1. The molecule has 0 amide bonds. The Bertz CT molecular complexity index is 2040. The summed E-state index contributed by atoms with van der Waals surface area (Å²) in [5.41, 5.74) is 21.1. The summed E-state index contributed by atoms with van der Waals surface area (Å²) in [6, 6.07) is 36.5. The molecule has 0 saturated carbocycles. The normalized spacial score (nSPS) is 10.5. The molecule has 4 N–H and O–H groups in total. The fraction of sp³-hybridized carbons (Fsp3) is 0.308. The van der Waals surface area contributed by atoms with Crippen LogP contribution in [0.3, 0.4) is 0 Å². The van der Waals surface area contributed by atoms with Crippen molar-refractivity contribution < 1.29 is 9.47 Å². The average molecular weight is 805 g/mol. The Kier molecular flexibility index (Phi) is 17.9. The van der Waals surface area contributed by atoms with Gasteiger partial charge in [-0.1, -0.05) is 199 Å². The maximum Gasteiger partial charge on any atom is 0.136 e. The van der Waals surface area contributed by atoms with Crippen molar-refractivity contribution in [1.29, 1.82) is 0 Å². The van der Waals surface area contributed by atoms with Crippen LogP contribution in [-0.2, 0) is 0 Å². The molecule has 0 saturated heterocycles. The topological polar surface area (TPSA) is 70.5 Å². The Morgan fingerprint density at radius 1 is 0.431 bits per heavy atom. The largest absolute Gasteiger partial charge is 0.492 e. The minimum atomic E-state index is 0.395. The number of unbranched alkanes of at least 4 members (excludes halogenated alkanes) is 10. The molecule has 6 heteroatoms. The van der Waals surface area contributed by atoms with E-state index >= 15 is 0 Å². The van der Waals surface area contributed by atoms with Crippen molar-refractivity contribution in [3.63, 3.8) is 0 Å². The molecule has 0 spiro atoms. The van der Waals surface area contributed by atoms with Crippen molar-refractivity contribution in [2.24, 2.45) is 11.5 Å². The van der Waals surface area contributed by atoms with Gasteiger partial charge in [0.05, 0.1) is 24.3 Å². The second-order valence-corrected chi connectivity index (χ2v) is 15.5. The number of nitrogens with two attached hydrogens (primary N) is 2. The zero-order valence-electron chi connectivity index (χ0n) is 34.1. The van der Waals surface area contributed by atoms with Gasteiger partial charge < -0.3 is 20.9 Å². The third-order valence-electron chi connectivity index (χ3n) is 10.1. The monoisotopic (exact) mass is 804 g/mol. The first-order valence-electron chi connectivity index (χ1n) is 20.8. The molecule has 298 valence electrons. The minimum Gasteiger partial charge on any atom is -0.492 e. The van der Waals surface area contributed by atoms with E-state index in [1.807, 2.05) is 84.9 Å². The highest BCUT2D eigenvalue weighted by atomic mass is 32.1. The maximum absolute atomic E-state index is 6.49. The molecule has 0 bridgehead atoms. The Morgan fingerprint density at radius 3 is 1.07 bits per heavy atom. The standard InChI is InChI=1S/C52H56N2O2S2/c1-3-5-7-9-11-13-35-55-49-37-48(26-20-40-17-23-42(24-18-40)44-29-33-46(34-30-44)52(54)58)50(56-36-14-12-10-8-6-4-2)38-47(49)25-19-39-15-21-41(22-16-39)43-27-31-45(32-28-43)51(53)57/h15-18,21-24,27-34,37-38H,3-14,35-36H2,1-2H3,(H2,53,57)(H2,54,58). The fourth-order valence-corrected chi connectivity index (χ4v) is 6.82. The minimum absolute atomic E-state index is 0.395. The zero-order chi connectivity index (χ0) is 41.0. The van der Waals surface area contributed by atoms with E-state index in [4.69, 9.17) is 45.4 Å². The first-order valence-corrected chi connectivity index (χ1v) is 21.6. The van der Waals surface area contributed by atoms with Gasteiger partial charge in [-0.25, -0.2) is 0 Å². The molecule has 58 heavy (non-hydrogen) atoms. The van der Waals surface area contributed by atoms with Gasteiger partial charge in [0.25, 0.3) is 0 Å². The second-order valence-electron chi connectivity index (χ2n) is 14.6. The number of rotatable bonds is 20. The molecule has 0 aliphatic rings. The molecule has 0 aliphatic heterocycles. The number of hydrogen-bond donors (Lipinski definition) is 2. The van der Waals surface area contributed by atoms with Crippen molar-refractivity contribution in [2.45, 2.75) is 90.9 Å². The summed E-state index contributed by atoms with van der Waals surface area (Å²) >= 11 is 10.2. The average Bonchev–Trinajstić information content (AvgIpc) is 3.25. The summed E-state index contributed by atoms with van der Waals surface area (Å²) in [5, 5.41) is 0. The van der Waals surface area contributed by atoms with E-state index in [0.29, 0.717) is 23.2 Å². The van der Waals surface area contributed by atoms with Crippen LogP contribution in [0.25, 0.3) is 22.3 Å². The Labute approximate surface area is 357 Å². The van der Waals surface area contributed by atoms with Gasteiger partial charge in [0.2, 0.25) is 0 Å². The highest BCUT2D eigenvalue weighted by Crippen LogP contribution is 2.30. The molecule has 0 atom stereocenters. The van der Waals surface area contributed by atoms with Crippen LogP contribution < -0.4 is 20.9 Å². The van der Waals surface area contributed by atoms with E-state index in [2.05, 4.69) is 61.8 Å². The van der Waals surface area contributed by atoms with E-state index in [1.165, 1.54) is 51.4 Å². The predicted octanol–water partition coefficient (Wildman–Crippen LogP) is 12.6. The molecule has 0 fully saturated rings. The van der Waals surface area contributed by atoms with Gasteiger partial charge in [-0.05, 0) is 59.4 Å². The Morgan fingerprint density at radius 2 is 0.741 bits per heavy atom. The fourth-order valence-electron chi connectivity index (χ4n) is 6.55. The summed E-state index contributed by atoms with van der Waals surface area (Å²) in [7, 11) is 0. The summed E-state index contributed by atoms with van der Waals surface area (Å²) in [4.78, 5) is 0.790. The lowest BCUT2D eigenvalue weighted by Gasteiger charge is -2.14. The molecule has 0 radical (unpaired) electrons. The third-order valence-corrected chi connectivity index (χ3v) is 10.5. The highest BCUT2D eigenvalue weighted by molar-refractivity contribution is 7.80. The van der Waals surface area contributed by atoms with E-state index in [0.717, 1.165) is 92.8 Å². The predicted molar refractivity (Wildman–Crippen MR) is 252 cm³/mol. The van der Waals surface area contributed by atoms with Gasteiger partial charge in [0.1, 0.15) is 21.5 Å². The lowest BCUT2D eigenvalue weighted by atomic mass is 10.0. The quantitative estimate of drug-likeness (QED) is 0.0464. The van der Waals surface area contributed by atoms with Crippen molar-refractivity contribution in [1.82, 2.24) is 0 Å². The van der Waals surface area contributed by atoms with Crippen LogP contribution in [0.2, 0.25) is 0 Å². The molecule has 0 aliphatic carbocycles. The summed E-state index contributed by atoms with van der Waals surface area (Å²) in [6.45, 7) is 5.73. The number of benzene rings is 5. The SMILES string of the molecule is CCCCCCCCOc1cc(C#Cc2ccc(-c3ccc(C(N)=S)cc3)cc2)c(OCCCCCCCC)cc1C#Cc1ccc(-c2ccc(C(N)=S)cc2)cc1. The Hall–Kier alpha value is -5.40. The molecule has 4 nitrogen and oxygen atoms in total. The van der Waals surface area contributed by atoms with E-state index in [9.17, 15) is 0 Å². The van der Waals surface area contributed by atoms with Gasteiger partial charge in [0.15, 0.2) is 0 Å². The third kappa shape index (κ3) is 13.9. The van der Waals surface area contributed by atoms with Crippen molar-refractivity contribution in [3.8, 4) is 57.4 Å². The highest BCUT2D eigenvalue weighted by Gasteiger charge is 2.12. The lowest BCUT2D eigenvalue weighted by Crippen LogP contribution is -2.08. The number of hydrogen-bond acceptors (Lipinski definition) is 4. The summed E-state index contributed by atoms with van der Waals surface area (Å²) < 4.78 is 13.0. The van der Waals surface area contributed by atoms with Gasteiger partial charge in [-0.3, -0.25) is 0 Å². The smallest absolute Gasteiger partial charge is 0.136 e. The van der Waals surface area contributed by atoms with Crippen LogP contribution in [0.4, 0.5) is 0 Å². The number of ether oxygens (including phenoxy) is 2. The van der Waals surface area contributed by atoms with Crippen LogP contribution in [0.1, 0.15) is 124 Å². The van der Waals surface area contributed by atoms with Crippen LogP contribution in [0.5, 0.6) is 11.5 Å². The van der Waals surface area contributed by atoms with Gasteiger partial charge in [-0.2, -0.15) is 0 Å². The molecule has 0 aromatic heterocycles. The molecule has 5 aromatic carbocycles. The van der Waals surface area contributed by atoms with Gasteiger partial charge in [0, 0.05) is 34.4 Å². The molecule has 0 heterocycles. The Balaban J connectivity index is 1.42. The molecule has 0 unspecified atom stereocenters. The van der Waals surface area contributed by atoms with Gasteiger partial charge in [-0.15, -0.1) is 0 Å². The molecular weight excluding hydrogens is 749 g/mol. The van der Waals surface area contributed by atoms with Crippen molar-refractivity contribution in [2.75, 3.05) is 13.2 Å². The van der Waals surface area contributed by atoms with Crippen LogP contribution >= 0.6 is 24.4 Å². The van der Waals surface area contributed by atoms with Crippen LogP contribution in [0.15, 0.2) is 109 Å². The first kappa shape index (κ1) is 43.7. The number of thiocarbonyl (C=S) groups is 2. The first-order chi connectivity index (χ1) is 28.3. The van der Waals surface area contributed by atoms with E-state index < -0.39 is 0 Å². The van der Waals surface area contributed by atoms with E-state index in [1.54, 1.807) is 0 Å². The van der Waals surface area contributed by atoms with Crippen molar-refractivity contribution >= 4 is 34.4 Å². The second kappa shape index (κ2) is 23.7. The molecule has 5 rings (SSSR count). The van der Waals surface area contributed by atoms with Gasteiger partial charge >= 0.3 is 0 Å². The zero-order valence-corrected chi connectivity index (χ0v) is 35.7. The maximum atomic E-state index is 6.49. The van der Waals surface area contributed by atoms with Crippen LogP contribution in [-0.4, -0.2) is 23.2 Å². The molecular formula is C52H56N2O2S2. The van der Waals surface area contributed by atoms with E-state index in [-0.39, 0.29) is 0 Å². The summed E-state index contributed by atoms with van der Waals surface area (Å²) in [6.07, 6.45) is 14.2. The van der Waals surface area contributed by atoms with Crippen LogP contribution in [0, 0.1) is 23.7 Å². The molecule has 5 aromatic rings. The lowest BCUT2D eigenvalue weighted by molar-refractivity contribution is 0.295. The van der Waals surface area contributed by atoms with Crippen molar-refractivity contribution in [3.05, 3.63) is 143 Å².